The van der Waals surface area contributed by atoms with E-state index in [1.54, 1.807) is 24.3 Å². The van der Waals surface area contributed by atoms with Crippen molar-refractivity contribution in [1.29, 1.82) is 0 Å². The number of amides is 1. The quantitative estimate of drug-likeness (QED) is 0.789. The van der Waals surface area contributed by atoms with Crippen LogP contribution in [0, 0.1) is 6.92 Å². The Bertz CT molecular complexity index is 751. The van der Waals surface area contributed by atoms with Crippen molar-refractivity contribution in [1.82, 2.24) is 15.1 Å². The summed E-state index contributed by atoms with van der Waals surface area (Å²) in [5.74, 6) is 0.387. The molecule has 0 aliphatic carbocycles. The molecule has 1 saturated heterocycles. The molecule has 2 aromatic rings. The number of hydrogen-bond acceptors (Lipinski definition) is 6. The molecule has 0 spiro atoms. The van der Waals surface area contributed by atoms with Crippen LogP contribution in [0.5, 0.6) is 0 Å². The molecule has 3 rings (SSSR count). The van der Waals surface area contributed by atoms with Crippen molar-refractivity contribution in [3.8, 4) is 0 Å². The maximum Gasteiger partial charge on any atom is 0.337 e. The second-order valence-corrected chi connectivity index (χ2v) is 5.88. The number of anilines is 1. The molecule has 2 heterocycles. The zero-order chi connectivity index (χ0) is 17.8. The van der Waals surface area contributed by atoms with Crippen molar-refractivity contribution in [2.75, 3.05) is 38.2 Å². The van der Waals surface area contributed by atoms with E-state index < -0.39 is 5.97 Å². The van der Waals surface area contributed by atoms with E-state index in [4.69, 9.17) is 0 Å². The minimum absolute atomic E-state index is 0.0361. The van der Waals surface area contributed by atoms with E-state index >= 15 is 0 Å². The van der Waals surface area contributed by atoms with Gasteiger partial charge in [-0.15, -0.1) is 5.10 Å². The van der Waals surface area contributed by atoms with E-state index in [9.17, 15) is 9.59 Å². The van der Waals surface area contributed by atoms with E-state index in [0.717, 1.165) is 11.5 Å². The minimum atomic E-state index is -0.410. The van der Waals surface area contributed by atoms with Gasteiger partial charge in [-0.3, -0.25) is 4.79 Å². The van der Waals surface area contributed by atoms with Crippen molar-refractivity contribution in [3.63, 3.8) is 0 Å². The van der Waals surface area contributed by atoms with Crippen LogP contribution in [0.25, 0.3) is 0 Å². The van der Waals surface area contributed by atoms with Crippen LogP contribution < -0.4 is 4.90 Å². The molecule has 0 radical (unpaired) electrons. The molecule has 1 aromatic heterocycles. The Kier molecular flexibility index (Phi) is 4.92. The highest BCUT2D eigenvalue weighted by Crippen LogP contribution is 2.15. The molecule has 0 unspecified atom stereocenters. The Hall–Kier alpha value is -2.96. The molecule has 0 bridgehead atoms. The number of benzene rings is 1. The summed E-state index contributed by atoms with van der Waals surface area (Å²) >= 11 is 0. The van der Waals surface area contributed by atoms with Crippen molar-refractivity contribution in [3.05, 3.63) is 53.2 Å². The van der Waals surface area contributed by atoms with Crippen LogP contribution in [0.3, 0.4) is 0 Å². The fourth-order valence-electron chi connectivity index (χ4n) is 2.75. The summed E-state index contributed by atoms with van der Waals surface area (Å²) in [5, 5.41) is 8.27. The minimum Gasteiger partial charge on any atom is -0.465 e. The predicted molar refractivity (Wildman–Crippen MR) is 92.7 cm³/mol. The fraction of sp³-hybridized carbons (Fsp3) is 0.333. The zero-order valence-electron chi connectivity index (χ0n) is 14.3. The van der Waals surface area contributed by atoms with Crippen molar-refractivity contribution in [2.24, 2.45) is 0 Å². The molecule has 0 saturated carbocycles. The smallest absolute Gasteiger partial charge is 0.337 e. The average Bonchev–Trinajstić information content (AvgIpc) is 2.67. The Morgan fingerprint density at radius 2 is 1.56 bits per heavy atom. The topological polar surface area (TPSA) is 75.6 Å². The van der Waals surface area contributed by atoms with Gasteiger partial charge in [0.2, 0.25) is 0 Å². The first-order valence-corrected chi connectivity index (χ1v) is 8.11. The highest BCUT2D eigenvalue weighted by Gasteiger charge is 2.23. The number of aromatic nitrogens is 2. The van der Waals surface area contributed by atoms with Crippen LogP contribution >= 0.6 is 0 Å². The lowest BCUT2D eigenvalue weighted by atomic mass is 10.1. The summed E-state index contributed by atoms with van der Waals surface area (Å²) in [5.41, 5.74) is 1.88. The maximum absolute atomic E-state index is 12.6. The van der Waals surface area contributed by atoms with Gasteiger partial charge in [-0.05, 0) is 43.3 Å². The van der Waals surface area contributed by atoms with Gasteiger partial charge < -0.3 is 14.5 Å². The zero-order valence-corrected chi connectivity index (χ0v) is 14.3. The summed E-state index contributed by atoms with van der Waals surface area (Å²) in [6, 6.07) is 10.4. The molecule has 130 valence electrons. The molecule has 0 atom stereocenters. The molecule has 1 amide bonds. The third-order valence-electron chi connectivity index (χ3n) is 4.23. The van der Waals surface area contributed by atoms with Crippen LogP contribution in [0.4, 0.5) is 5.82 Å². The molecule has 0 N–H and O–H groups in total. The van der Waals surface area contributed by atoms with Crippen LogP contribution in [-0.2, 0) is 4.74 Å². The summed E-state index contributed by atoms with van der Waals surface area (Å²) in [7, 11) is 1.33. The summed E-state index contributed by atoms with van der Waals surface area (Å²) in [4.78, 5) is 28.0. The summed E-state index contributed by atoms with van der Waals surface area (Å²) in [6.45, 7) is 4.56. The van der Waals surface area contributed by atoms with Gasteiger partial charge in [0.25, 0.3) is 5.91 Å². The predicted octanol–water partition coefficient (Wildman–Crippen LogP) is 1.53. The molecule has 1 aromatic carbocycles. The van der Waals surface area contributed by atoms with E-state index in [0.29, 0.717) is 37.3 Å². The van der Waals surface area contributed by atoms with E-state index in [1.807, 2.05) is 24.0 Å². The SMILES string of the molecule is COC(=O)c1ccc(C(=O)N2CCN(c3ccc(C)nn3)CC2)cc1. The first-order chi connectivity index (χ1) is 12.1. The van der Waals surface area contributed by atoms with Crippen molar-refractivity contribution in [2.45, 2.75) is 6.92 Å². The number of ether oxygens (including phenoxy) is 1. The Morgan fingerprint density at radius 1 is 0.920 bits per heavy atom. The standard InChI is InChI=1S/C18H20N4O3/c1-13-3-8-16(20-19-13)21-9-11-22(12-10-21)17(23)14-4-6-15(7-5-14)18(24)25-2/h3-8H,9-12H2,1-2H3. The molecular formula is C18H20N4O3. The highest BCUT2D eigenvalue weighted by molar-refractivity contribution is 5.96. The molecule has 25 heavy (non-hydrogen) atoms. The molecular weight excluding hydrogens is 320 g/mol. The van der Waals surface area contributed by atoms with Gasteiger partial charge in [0, 0.05) is 31.7 Å². The van der Waals surface area contributed by atoms with Crippen molar-refractivity contribution >= 4 is 17.7 Å². The molecule has 7 nitrogen and oxygen atoms in total. The number of carbonyl (C=O) groups excluding carboxylic acids is 2. The van der Waals surface area contributed by atoms with Crippen molar-refractivity contribution < 1.29 is 14.3 Å². The van der Waals surface area contributed by atoms with Gasteiger partial charge in [0.05, 0.1) is 18.4 Å². The normalized spacial score (nSPS) is 14.3. The van der Waals surface area contributed by atoms with E-state index in [1.165, 1.54) is 7.11 Å². The third kappa shape index (κ3) is 3.76. The second kappa shape index (κ2) is 7.29. The fourth-order valence-corrected chi connectivity index (χ4v) is 2.75. The first kappa shape index (κ1) is 16.9. The number of carbonyl (C=O) groups is 2. The highest BCUT2D eigenvalue weighted by atomic mass is 16.5. The number of rotatable bonds is 3. The van der Waals surface area contributed by atoms with Crippen LogP contribution in [-0.4, -0.2) is 60.3 Å². The van der Waals surface area contributed by atoms with Crippen LogP contribution in [0.2, 0.25) is 0 Å². The largest absolute Gasteiger partial charge is 0.465 e. The molecule has 1 fully saturated rings. The van der Waals surface area contributed by atoms with Gasteiger partial charge in [-0.1, -0.05) is 0 Å². The van der Waals surface area contributed by atoms with Gasteiger partial charge in [-0.25, -0.2) is 4.79 Å². The number of aryl methyl sites for hydroxylation is 1. The lowest BCUT2D eigenvalue weighted by Crippen LogP contribution is -2.49. The van der Waals surface area contributed by atoms with Gasteiger partial charge in [-0.2, -0.15) is 5.10 Å². The Labute approximate surface area is 146 Å². The van der Waals surface area contributed by atoms with E-state index in [2.05, 4.69) is 19.8 Å². The number of methoxy groups -OCH3 is 1. The lowest BCUT2D eigenvalue weighted by Gasteiger charge is -2.35. The van der Waals surface area contributed by atoms with Crippen LogP contribution in [0.1, 0.15) is 26.4 Å². The Balaban J connectivity index is 1.61. The lowest BCUT2D eigenvalue weighted by molar-refractivity contribution is 0.0599. The third-order valence-corrected chi connectivity index (χ3v) is 4.23. The summed E-state index contributed by atoms with van der Waals surface area (Å²) in [6.07, 6.45) is 0. The average molecular weight is 340 g/mol. The number of piperazine rings is 1. The first-order valence-electron chi connectivity index (χ1n) is 8.11. The number of hydrogen-bond donors (Lipinski definition) is 0. The molecule has 7 heteroatoms. The van der Waals surface area contributed by atoms with E-state index in [-0.39, 0.29) is 5.91 Å². The van der Waals surface area contributed by atoms with Gasteiger partial charge >= 0.3 is 5.97 Å². The second-order valence-electron chi connectivity index (χ2n) is 5.88. The van der Waals surface area contributed by atoms with Gasteiger partial charge in [0.15, 0.2) is 5.82 Å². The Morgan fingerprint density at radius 3 is 2.12 bits per heavy atom. The monoisotopic (exact) mass is 340 g/mol. The summed E-state index contributed by atoms with van der Waals surface area (Å²) < 4.78 is 4.66. The molecule has 1 aliphatic heterocycles. The maximum atomic E-state index is 12.6. The molecule has 1 aliphatic rings. The number of nitrogens with zero attached hydrogens (tertiary/aromatic N) is 4. The number of esters is 1. The van der Waals surface area contributed by atoms with Gasteiger partial charge in [0.1, 0.15) is 0 Å². The van der Waals surface area contributed by atoms with Crippen LogP contribution in [0.15, 0.2) is 36.4 Å².